The van der Waals surface area contributed by atoms with Gasteiger partial charge >= 0.3 is 18.4 Å². The Morgan fingerprint density at radius 1 is 0.929 bits per heavy atom. The lowest BCUT2D eigenvalue weighted by molar-refractivity contribution is -0.138. The van der Waals surface area contributed by atoms with Gasteiger partial charge in [-0.3, -0.25) is 9.84 Å². The molecule has 1 aliphatic rings. The Bertz CT molecular complexity index is 1490. The van der Waals surface area contributed by atoms with E-state index in [-0.39, 0.29) is 39.5 Å². The molecule has 1 fully saturated rings. The van der Waals surface area contributed by atoms with Crippen molar-refractivity contribution < 1.29 is 54.5 Å². The highest BCUT2D eigenvalue weighted by atomic mass is 19.4. The van der Waals surface area contributed by atoms with Gasteiger partial charge in [-0.1, -0.05) is 19.9 Å². The van der Waals surface area contributed by atoms with E-state index in [9.17, 15) is 40.1 Å². The van der Waals surface area contributed by atoms with Gasteiger partial charge in [0.2, 0.25) is 0 Å². The molecule has 5 nitrogen and oxygen atoms in total. The predicted octanol–water partition coefficient (Wildman–Crippen LogP) is 9.01. The molecule has 0 aliphatic carbocycles. The maximum absolute atomic E-state index is 14.7. The van der Waals surface area contributed by atoms with Crippen LogP contribution in [0.15, 0.2) is 48.5 Å². The van der Waals surface area contributed by atoms with Gasteiger partial charge in [-0.2, -0.15) is 26.3 Å². The standard InChI is InChI=1S/C29H25F8NO4/c1-14(2)22-11-23(25(40-4)12-24(22)30)21-6-5-18(28(31,32)33)8-17(21)13-38-15(3)26(41-27(38)39)16-7-19(29(34,35)36)10-20(9-16)42-37/h5-12,14-15,26H,13H2,1-4H3. The maximum Gasteiger partial charge on any atom is 0.416 e. The van der Waals surface area contributed by atoms with Crippen LogP contribution in [-0.2, 0) is 23.6 Å². The molecule has 0 aromatic heterocycles. The third-order valence-electron chi connectivity index (χ3n) is 7.07. The number of methoxy groups -OCH3 is 1. The number of carbonyl (C=O) groups is 1. The topological polar surface area (TPSA) is 48.0 Å². The molecule has 0 bridgehead atoms. The van der Waals surface area contributed by atoms with E-state index < -0.39 is 59.8 Å². The molecule has 0 N–H and O–H groups in total. The van der Waals surface area contributed by atoms with Crippen molar-refractivity contribution in [1.29, 1.82) is 0 Å². The number of carbonyl (C=O) groups excluding carboxylic acids is 1. The molecule has 0 spiro atoms. The summed E-state index contributed by atoms with van der Waals surface area (Å²) in [5.41, 5.74) is -1.76. The highest BCUT2D eigenvalue weighted by Crippen LogP contribution is 2.42. The summed E-state index contributed by atoms with van der Waals surface area (Å²) in [6.07, 6.45) is -12.0. The molecule has 0 saturated carbocycles. The first-order chi connectivity index (χ1) is 19.5. The van der Waals surface area contributed by atoms with E-state index in [0.29, 0.717) is 12.1 Å². The Kier molecular flexibility index (Phi) is 8.34. The van der Waals surface area contributed by atoms with E-state index in [4.69, 9.17) is 9.47 Å². The molecular weight excluding hydrogens is 578 g/mol. The second-order valence-corrected chi connectivity index (χ2v) is 10.1. The monoisotopic (exact) mass is 603 g/mol. The number of alkyl halides is 6. The van der Waals surface area contributed by atoms with E-state index in [2.05, 4.69) is 4.94 Å². The Morgan fingerprint density at radius 2 is 1.60 bits per heavy atom. The predicted molar refractivity (Wildman–Crippen MR) is 135 cm³/mol. The molecule has 13 heteroatoms. The zero-order valence-electron chi connectivity index (χ0n) is 22.7. The molecule has 1 amide bonds. The Hall–Kier alpha value is -4.03. The van der Waals surface area contributed by atoms with Crippen LogP contribution >= 0.6 is 0 Å². The van der Waals surface area contributed by atoms with Crippen molar-refractivity contribution in [1.82, 2.24) is 4.90 Å². The Labute approximate surface area is 235 Å². The van der Waals surface area contributed by atoms with E-state index >= 15 is 0 Å². The highest BCUT2D eigenvalue weighted by molar-refractivity contribution is 5.76. The summed E-state index contributed by atoms with van der Waals surface area (Å²) in [6.45, 7) is 4.43. The number of amides is 1. The van der Waals surface area contributed by atoms with Crippen molar-refractivity contribution in [3.8, 4) is 22.6 Å². The SMILES string of the molecule is COc1cc(F)c(C(C)C)cc1-c1ccc(C(F)(F)F)cc1CN1C(=O)OC(c2cc(OF)cc(C(F)(F)F)c2)C1C. The number of halogens is 8. The molecule has 226 valence electrons. The fraction of sp³-hybridized carbons (Fsp3) is 0.345. The van der Waals surface area contributed by atoms with Crippen LogP contribution in [0.4, 0.5) is 40.1 Å². The number of rotatable bonds is 7. The van der Waals surface area contributed by atoms with Crippen LogP contribution in [0.1, 0.15) is 60.6 Å². The molecule has 3 aromatic rings. The first-order valence-electron chi connectivity index (χ1n) is 12.6. The van der Waals surface area contributed by atoms with Crippen molar-refractivity contribution in [2.45, 2.75) is 57.7 Å². The zero-order valence-corrected chi connectivity index (χ0v) is 22.7. The lowest BCUT2D eigenvalue weighted by Crippen LogP contribution is -2.31. The van der Waals surface area contributed by atoms with Crippen molar-refractivity contribution in [2.75, 3.05) is 7.11 Å². The van der Waals surface area contributed by atoms with Gasteiger partial charge in [0.25, 0.3) is 0 Å². The summed E-state index contributed by atoms with van der Waals surface area (Å²) in [5.74, 6) is -1.59. The molecule has 2 unspecified atom stereocenters. The van der Waals surface area contributed by atoms with Gasteiger partial charge in [-0.05, 0) is 71.5 Å². The maximum atomic E-state index is 14.7. The third kappa shape index (κ3) is 6.09. The fourth-order valence-corrected chi connectivity index (χ4v) is 4.89. The van der Waals surface area contributed by atoms with Gasteiger partial charge in [-0.15, -0.1) is 0 Å². The summed E-state index contributed by atoms with van der Waals surface area (Å²) in [6, 6.07) is 6.46. The van der Waals surface area contributed by atoms with E-state index in [1.54, 1.807) is 13.8 Å². The summed E-state index contributed by atoms with van der Waals surface area (Å²) in [7, 11) is 1.27. The van der Waals surface area contributed by atoms with E-state index in [0.717, 1.165) is 29.2 Å². The molecule has 2 atom stereocenters. The number of ether oxygens (including phenoxy) is 2. The van der Waals surface area contributed by atoms with Crippen LogP contribution in [0.5, 0.6) is 11.5 Å². The van der Waals surface area contributed by atoms with Crippen LogP contribution in [0.2, 0.25) is 0 Å². The molecule has 3 aromatic carbocycles. The lowest BCUT2D eigenvalue weighted by Gasteiger charge is -2.24. The van der Waals surface area contributed by atoms with Gasteiger partial charge in [0.1, 0.15) is 17.7 Å². The van der Waals surface area contributed by atoms with Crippen molar-refractivity contribution >= 4 is 6.09 Å². The van der Waals surface area contributed by atoms with Gasteiger partial charge in [0, 0.05) is 16.2 Å². The Morgan fingerprint density at radius 3 is 2.17 bits per heavy atom. The molecular formula is C29H25F8NO4. The minimum absolute atomic E-state index is 0.00860. The first kappa shape index (κ1) is 30.9. The summed E-state index contributed by atoms with van der Waals surface area (Å²) < 4.78 is 120. The highest BCUT2D eigenvalue weighted by Gasteiger charge is 2.42. The first-order valence-corrected chi connectivity index (χ1v) is 12.6. The van der Waals surface area contributed by atoms with Crippen molar-refractivity contribution in [3.63, 3.8) is 0 Å². The number of cyclic esters (lactones) is 1. The van der Waals surface area contributed by atoms with E-state index in [1.165, 1.54) is 26.2 Å². The smallest absolute Gasteiger partial charge is 0.416 e. The van der Waals surface area contributed by atoms with Gasteiger partial charge in [0.15, 0.2) is 5.75 Å². The van der Waals surface area contributed by atoms with Gasteiger partial charge in [-0.25, -0.2) is 9.18 Å². The van der Waals surface area contributed by atoms with Crippen LogP contribution in [0.25, 0.3) is 11.1 Å². The zero-order chi connectivity index (χ0) is 31.1. The second kappa shape index (κ2) is 11.3. The van der Waals surface area contributed by atoms with Crippen LogP contribution in [0, 0.1) is 5.82 Å². The number of nitrogens with zero attached hydrogens (tertiary/aromatic N) is 1. The second-order valence-electron chi connectivity index (χ2n) is 10.1. The third-order valence-corrected chi connectivity index (χ3v) is 7.07. The molecule has 0 radical (unpaired) electrons. The lowest BCUT2D eigenvalue weighted by atomic mass is 9.92. The quantitative estimate of drug-likeness (QED) is 0.253. The van der Waals surface area contributed by atoms with Gasteiger partial charge in [0.05, 0.1) is 30.8 Å². The molecule has 42 heavy (non-hydrogen) atoms. The molecule has 4 rings (SSSR count). The molecule has 1 heterocycles. The largest absolute Gasteiger partial charge is 0.496 e. The minimum Gasteiger partial charge on any atom is -0.496 e. The normalized spacial score (nSPS) is 17.5. The molecule has 1 saturated heterocycles. The van der Waals surface area contributed by atoms with E-state index in [1.807, 2.05) is 0 Å². The average molecular weight is 604 g/mol. The van der Waals surface area contributed by atoms with Crippen LogP contribution in [0.3, 0.4) is 0 Å². The van der Waals surface area contributed by atoms with Crippen molar-refractivity contribution in [3.05, 3.63) is 82.2 Å². The summed E-state index contributed by atoms with van der Waals surface area (Å²) in [4.78, 5) is 17.5. The van der Waals surface area contributed by atoms with Crippen LogP contribution < -0.4 is 9.68 Å². The number of hydrogen-bond donors (Lipinski definition) is 0. The van der Waals surface area contributed by atoms with Crippen LogP contribution in [-0.4, -0.2) is 24.1 Å². The number of hydrogen-bond acceptors (Lipinski definition) is 4. The summed E-state index contributed by atoms with van der Waals surface area (Å²) in [5, 5.41) is 0. The fourth-order valence-electron chi connectivity index (χ4n) is 4.89. The Balaban J connectivity index is 1.80. The number of benzene rings is 3. The average Bonchev–Trinajstić information content (AvgIpc) is 3.19. The summed E-state index contributed by atoms with van der Waals surface area (Å²) >= 11 is 0. The minimum atomic E-state index is -4.87. The van der Waals surface area contributed by atoms with Crippen molar-refractivity contribution in [2.24, 2.45) is 0 Å². The molecule has 1 aliphatic heterocycles. The van der Waals surface area contributed by atoms with Gasteiger partial charge < -0.3 is 9.47 Å².